The number of carbonyl (C=O) groups excluding carboxylic acids is 1. The summed E-state index contributed by atoms with van der Waals surface area (Å²) in [6, 6.07) is 39.7. The van der Waals surface area contributed by atoms with Crippen molar-refractivity contribution >= 4 is 98.9 Å². The summed E-state index contributed by atoms with van der Waals surface area (Å²) < 4.78 is 77.5. The number of nitrogens with one attached hydrogen (secondary N) is 2. The summed E-state index contributed by atoms with van der Waals surface area (Å²) in [5.41, 5.74) is 6.74. The van der Waals surface area contributed by atoms with Gasteiger partial charge < -0.3 is 25.2 Å². The zero-order valence-corrected chi connectivity index (χ0v) is 40.7. The van der Waals surface area contributed by atoms with E-state index in [1.165, 1.54) is 25.3 Å². The highest BCUT2D eigenvalue weighted by molar-refractivity contribution is 7.86. The number of aromatic hydroxyl groups is 1. The van der Waals surface area contributed by atoms with E-state index in [9.17, 15) is 31.3 Å². The van der Waals surface area contributed by atoms with Crippen LogP contribution in [0.1, 0.15) is 33.5 Å². The van der Waals surface area contributed by atoms with Crippen molar-refractivity contribution in [1.29, 1.82) is 0 Å². The molecule has 0 aliphatic carbocycles. The molecule has 8 aromatic rings. The van der Waals surface area contributed by atoms with E-state index in [-0.39, 0.29) is 35.8 Å². The number of fused-ring (bicyclic) bond motifs is 2. The lowest BCUT2D eigenvalue weighted by atomic mass is 10.1. The maximum Gasteiger partial charge on any atom is 0.296 e. The van der Waals surface area contributed by atoms with Crippen LogP contribution in [0.15, 0.2) is 175 Å². The number of phenolic OH excluding ortho intramolecular Hbond substituents is 1. The first-order valence-corrected chi connectivity index (χ1v) is 25.1. The lowest BCUT2D eigenvalue weighted by molar-refractivity contribution is 0.102. The number of phenols is 1. The van der Waals surface area contributed by atoms with E-state index < -0.39 is 36.8 Å². The number of rotatable bonds is 17. The van der Waals surface area contributed by atoms with Gasteiger partial charge in [-0.2, -0.15) is 37.3 Å². The Morgan fingerprint density at radius 2 is 1.24 bits per heavy atom. The summed E-state index contributed by atoms with van der Waals surface area (Å²) in [6.45, 7) is 5.39. The smallest absolute Gasteiger partial charge is 0.296 e. The van der Waals surface area contributed by atoms with E-state index in [0.29, 0.717) is 61.6 Å². The van der Waals surface area contributed by atoms with Crippen LogP contribution in [-0.4, -0.2) is 56.4 Å². The molecule has 72 heavy (non-hydrogen) atoms. The normalized spacial score (nSPS) is 12.1. The van der Waals surface area contributed by atoms with E-state index in [1.54, 1.807) is 61.5 Å². The molecule has 8 rings (SSSR count). The minimum absolute atomic E-state index is 0.0163. The molecule has 0 unspecified atom stereocenters. The average Bonchev–Trinajstić information content (AvgIpc) is 3.34. The average molecular weight is 1010 g/mol. The minimum atomic E-state index is -4.81. The van der Waals surface area contributed by atoms with Gasteiger partial charge in [-0.05, 0) is 152 Å². The lowest BCUT2D eigenvalue weighted by Crippen LogP contribution is -2.15. The molecule has 0 spiro atoms. The third-order valence-electron chi connectivity index (χ3n) is 11.2. The topological polar surface area (TPSA) is 263 Å². The second-order valence-electron chi connectivity index (χ2n) is 16.5. The molecule has 20 heteroatoms. The number of aryl methyl sites for hydroxylation is 3. The summed E-state index contributed by atoms with van der Waals surface area (Å²) in [5.74, 6) is -0.548. The molecule has 8 aromatic carbocycles. The van der Waals surface area contributed by atoms with Gasteiger partial charge in [0.1, 0.15) is 27.8 Å². The number of para-hydroxylation sites is 1. The van der Waals surface area contributed by atoms with Crippen molar-refractivity contribution < 1.29 is 45.3 Å². The number of anilines is 3. The largest absolute Gasteiger partial charge is 0.505 e. The van der Waals surface area contributed by atoms with E-state index >= 15 is 0 Å². The van der Waals surface area contributed by atoms with Crippen LogP contribution in [0.2, 0.25) is 0 Å². The molecule has 0 heterocycles. The lowest BCUT2D eigenvalue weighted by Gasteiger charge is -2.14. The summed E-state index contributed by atoms with van der Waals surface area (Å²) in [6.07, 6.45) is -0.0163. The molecular weight excluding hydrogens is 961 g/mol. The Kier molecular flexibility index (Phi) is 14.8. The van der Waals surface area contributed by atoms with Gasteiger partial charge in [-0.1, -0.05) is 36.4 Å². The minimum Gasteiger partial charge on any atom is -0.505 e. The van der Waals surface area contributed by atoms with Gasteiger partial charge in [0.05, 0.1) is 47.9 Å². The zero-order chi connectivity index (χ0) is 51.2. The fourth-order valence-electron chi connectivity index (χ4n) is 7.53. The Hall–Kier alpha value is -8.43. The van der Waals surface area contributed by atoms with Crippen LogP contribution in [-0.2, 0) is 20.2 Å². The van der Waals surface area contributed by atoms with Gasteiger partial charge in [-0.15, -0.1) is 10.2 Å². The maximum absolute atomic E-state index is 13.5. The van der Waals surface area contributed by atoms with Gasteiger partial charge in [0, 0.05) is 33.8 Å². The number of hydrogen-bond acceptors (Lipinski definition) is 15. The van der Waals surface area contributed by atoms with Crippen LogP contribution in [0, 0.1) is 20.8 Å². The Morgan fingerprint density at radius 3 is 1.93 bits per heavy atom. The van der Waals surface area contributed by atoms with Gasteiger partial charge in [-0.3, -0.25) is 13.9 Å². The van der Waals surface area contributed by atoms with E-state index in [1.807, 2.05) is 80.6 Å². The summed E-state index contributed by atoms with van der Waals surface area (Å²) >= 11 is 0. The highest BCUT2D eigenvalue weighted by Crippen LogP contribution is 2.40. The second kappa shape index (κ2) is 21.3. The van der Waals surface area contributed by atoms with Crippen molar-refractivity contribution in [2.24, 2.45) is 30.7 Å². The van der Waals surface area contributed by atoms with E-state index in [4.69, 9.17) is 14.0 Å². The quantitative estimate of drug-likeness (QED) is 0.0325. The molecule has 0 saturated carbocycles. The molecule has 366 valence electrons. The summed E-state index contributed by atoms with van der Waals surface area (Å²) in [7, 11) is -7.51. The van der Waals surface area contributed by atoms with Crippen LogP contribution >= 0.6 is 0 Å². The Morgan fingerprint density at radius 1 is 0.583 bits per heavy atom. The van der Waals surface area contributed by atoms with Crippen LogP contribution in [0.4, 0.5) is 51.2 Å². The maximum atomic E-state index is 13.5. The molecule has 0 radical (unpaired) electrons. The Balaban J connectivity index is 0.927. The number of methoxy groups -OCH3 is 1. The van der Waals surface area contributed by atoms with Gasteiger partial charge in [-0.25, -0.2) is 0 Å². The van der Waals surface area contributed by atoms with E-state index in [2.05, 4.69) is 41.3 Å². The first-order chi connectivity index (χ1) is 34.4. The number of benzene rings is 8. The molecule has 0 aromatic heterocycles. The molecular formula is C52H46N8O10S2. The zero-order valence-electron chi connectivity index (χ0n) is 39.1. The van der Waals surface area contributed by atoms with Crippen molar-refractivity contribution in [2.45, 2.75) is 32.1 Å². The molecule has 5 N–H and O–H groups in total. The molecule has 0 saturated heterocycles. The number of carbonyl (C=O) groups is 1. The number of hydrogen-bond donors (Lipinski definition) is 5. The third-order valence-corrected chi connectivity index (χ3v) is 12.9. The molecule has 0 bridgehead atoms. The van der Waals surface area contributed by atoms with Gasteiger partial charge in [0.25, 0.3) is 26.1 Å². The Bertz CT molecular complexity index is 3720. The summed E-state index contributed by atoms with van der Waals surface area (Å²) in [5, 5.41) is 45.8. The fourth-order valence-corrected chi connectivity index (χ4v) is 8.67. The third kappa shape index (κ3) is 12.1. The highest BCUT2D eigenvalue weighted by Gasteiger charge is 2.21. The Labute approximate surface area is 414 Å². The predicted molar refractivity (Wildman–Crippen MR) is 276 cm³/mol. The summed E-state index contributed by atoms with van der Waals surface area (Å²) in [4.78, 5) is 13.0. The standard InChI is InChI=1S/C52H46N8O10S2/c1-31-24-36(52(62)54-47-30-41-34(28-50(47)72(66,67)68)10-8-13-48(41)70-22-9-23-71(63,64)65)15-19-42(31)56-55-39-17-21-43(49(29-39)69-4)57-59-45-25-33(3)46(26-32(45)2)60-58-44-20-14-35-27-38(16-18-40(35)51(44)61)53-37-11-6-5-7-12-37/h5-8,10-21,24-30,53,61H,9,22-23H2,1-4H3,(H,54,62)(H,63,64,65)(H,66,67,68). The van der Waals surface area contributed by atoms with Gasteiger partial charge in [0.2, 0.25) is 0 Å². The first-order valence-electron chi connectivity index (χ1n) is 22.1. The molecule has 18 nitrogen and oxygen atoms in total. The van der Waals surface area contributed by atoms with Crippen LogP contribution < -0.4 is 20.1 Å². The second-order valence-corrected chi connectivity index (χ2v) is 19.4. The molecule has 0 aliphatic rings. The molecule has 1 amide bonds. The van der Waals surface area contributed by atoms with Crippen LogP contribution in [0.5, 0.6) is 17.2 Å². The molecule has 0 atom stereocenters. The van der Waals surface area contributed by atoms with Crippen molar-refractivity contribution in [2.75, 3.05) is 30.1 Å². The van der Waals surface area contributed by atoms with Crippen molar-refractivity contribution in [3.05, 3.63) is 162 Å². The number of nitrogens with zero attached hydrogens (tertiary/aromatic N) is 6. The molecule has 0 fully saturated rings. The number of amides is 1. The number of azo groups is 3. The van der Waals surface area contributed by atoms with E-state index in [0.717, 1.165) is 27.9 Å². The van der Waals surface area contributed by atoms with Crippen molar-refractivity contribution in [3.63, 3.8) is 0 Å². The van der Waals surface area contributed by atoms with Crippen LogP contribution in [0.3, 0.4) is 0 Å². The molecule has 0 aliphatic heterocycles. The van der Waals surface area contributed by atoms with Crippen molar-refractivity contribution in [3.8, 4) is 17.2 Å². The number of ether oxygens (including phenoxy) is 2. The van der Waals surface area contributed by atoms with Crippen molar-refractivity contribution in [1.82, 2.24) is 0 Å². The first kappa shape index (κ1) is 50.0. The van der Waals surface area contributed by atoms with Crippen LogP contribution in [0.25, 0.3) is 21.5 Å². The predicted octanol–water partition coefficient (Wildman–Crippen LogP) is 13.8. The highest BCUT2D eigenvalue weighted by atomic mass is 32.2. The monoisotopic (exact) mass is 1010 g/mol. The van der Waals surface area contributed by atoms with Gasteiger partial charge >= 0.3 is 0 Å². The fraction of sp³-hybridized carbons (Fsp3) is 0.135. The SMILES string of the molecule is COc1cc(N=Nc2ccc(C(=O)Nc3cc4c(OCCCS(=O)(=O)O)cccc4cc3S(=O)(=O)O)cc2C)ccc1N=Nc1cc(C)c(N=Nc2ccc3cc(Nc4ccccc4)ccc3c2O)cc1C. The van der Waals surface area contributed by atoms with Gasteiger partial charge in [0.15, 0.2) is 5.75 Å².